The van der Waals surface area contributed by atoms with Crippen molar-refractivity contribution in [3.8, 4) is 0 Å². The fourth-order valence-corrected chi connectivity index (χ4v) is 2.34. The van der Waals surface area contributed by atoms with Crippen molar-refractivity contribution in [2.24, 2.45) is 0 Å². The van der Waals surface area contributed by atoms with E-state index in [0.29, 0.717) is 12.1 Å². The van der Waals surface area contributed by atoms with Gasteiger partial charge in [0.2, 0.25) is 0 Å². The van der Waals surface area contributed by atoms with Crippen LogP contribution in [-0.4, -0.2) is 32.6 Å². The van der Waals surface area contributed by atoms with Gasteiger partial charge in [-0.2, -0.15) is 0 Å². The number of hydrogen-bond acceptors (Lipinski definition) is 5. The maximum Gasteiger partial charge on any atom is 0.336 e. The number of carbonyl (C=O) groups is 1. The second-order valence-corrected chi connectivity index (χ2v) is 4.80. The normalized spacial score (nSPS) is 10.7. The number of aromatic nitrogens is 3. The Morgan fingerprint density at radius 2 is 2.44 bits per heavy atom. The van der Waals surface area contributed by atoms with Gasteiger partial charge in [-0.25, -0.2) is 4.79 Å². The summed E-state index contributed by atoms with van der Waals surface area (Å²) in [6, 6.07) is 1.71. The molecule has 0 radical (unpaired) electrons. The van der Waals surface area contributed by atoms with Gasteiger partial charge in [-0.15, -0.1) is 16.4 Å². The van der Waals surface area contributed by atoms with Crippen molar-refractivity contribution < 1.29 is 9.90 Å². The van der Waals surface area contributed by atoms with Crippen LogP contribution in [0.3, 0.4) is 0 Å². The summed E-state index contributed by atoms with van der Waals surface area (Å²) in [6.07, 6.45) is 4.45. The minimum absolute atomic E-state index is 0.361. The van der Waals surface area contributed by atoms with Crippen molar-refractivity contribution in [1.82, 2.24) is 20.3 Å². The van der Waals surface area contributed by atoms with Gasteiger partial charge in [-0.3, -0.25) is 4.68 Å². The molecule has 0 saturated carbocycles. The predicted octanol–water partition coefficient (Wildman–Crippen LogP) is 1.22. The second-order valence-electron chi connectivity index (χ2n) is 3.80. The molecule has 2 rings (SSSR count). The molecule has 7 heteroatoms. The molecule has 0 aliphatic rings. The summed E-state index contributed by atoms with van der Waals surface area (Å²) in [7, 11) is 0. The Labute approximate surface area is 108 Å². The van der Waals surface area contributed by atoms with E-state index in [9.17, 15) is 4.79 Å². The summed E-state index contributed by atoms with van der Waals surface area (Å²) < 4.78 is 1.79. The first-order chi connectivity index (χ1) is 8.75. The van der Waals surface area contributed by atoms with Crippen LogP contribution >= 0.6 is 11.3 Å². The lowest BCUT2D eigenvalue weighted by Crippen LogP contribution is -2.16. The number of carboxylic acid groups (broad SMARTS) is 1. The number of thiophene rings is 1. The molecule has 0 saturated heterocycles. The average molecular weight is 266 g/mol. The largest absolute Gasteiger partial charge is 0.478 e. The summed E-state index contributed by atoms with van der Waals surface area (Å²) >= 11 is 1.46. The number of nitrogens with zero attached hydrogens (tertiary/aromatic N) is 3. The van der Waals surface area contributed by atoms with Crippen LogP contribution in [0.4, 0.5) is 0 Å². The van der Waals surface area contributed by atoms with Gasteiger partial charge in [-0.05, 0) is 19.0 Å². The van der Waals surface area contributed by atoms with Gasteiger partial charge in [0.15, 0.2) is 0 Å². The summed E-state index contributed by atoms with van der Waals surface area (Å²) in [5, 5.41) is 21.3. The van der Waals surface area contributed by atoms with Crippen molar-refractivity contribution in [2.75, 3.05) is 6.54 Å². The van der Waals surface area contributed by atoms with Gasteiger partial charge in [0.05, 0.1) is 11.8 Å². The predicted molar refractivity (Wildman–Crippen MR) is 67.6 cm³/mol. The molecule has 2 aromatic heterocycles. The third kappa shape index (κ3) is 3.64. The van der Waals surface area contributed by atoms with E-state index in [1.165, 1.54) is 11.3 Å². The van der Waals surface area contributed by atoms with Crippen LogP contribution < -0.4 is 5.32 Å². The summed E-state index contributed by atoms with van der Waals surface area (Å²) in [5.74, 6) is -0.872. The number of hydrogen-bond donors (Lipinski definition) is 2. The van der Waals surface area contributed by atoms with E-state index in [1.807, 2.05) is 6.20 Å². The molecule has 0 spiro atoms. The molecular weight excluding hydrogens is 252 g/mol. The molecule has 96 valence electrons. The highest BCUT2D eigenvalue weighted by atomic mass is 32.1. The lowest BCUT2D eigenvalue weighted by Gasteiger charge is -2.02. The SMILES string of the molecule is O=C(O)c1csc(CNCCCn2ccnn2)c1. The number of nitrogens with one attached hydrogen (secondary N) is 1. The van der Waals surface area contributed by atoms with Crippen molar-refractivity contribution >= 4 is 17.3 Å². The van der Waals surface area contributed by atoms with Crippen molar-refractivity contribution in [3.05, 3.63) is 34.3 Å². The Balaban J connectivity index is 1.64. The van der Waals surface area contributed by atoms with Crippen LogP contribution in [-0.2, 0) is 13.1 Å². The van der Waals surface area contributed by atoms with Crippen LogP contribution in [0.15, 0.2) is 23.8 Å². The smallest absolute Gasteiger partial charge is 0.336 e. The third-order valence-corrected chi connectivity index (χ3v) is 3.35. The minimum atomic E-state index is -0.872. The first-order valence-corrected chi connectivity index (χ1v) is 6.49. The fraction of sp³-hybridized carbons (Fsp3) is 0.364. The lowest BCUT2D eigenvalue weighted by molar-refractivity contribution is 0.0697. The first kappa shape index (κ1) is 12.7. The van der Waals surface area contributed by atoms with Crippen molar-refractivity contribution in [3.63, 3.8) is 0 Å². The molecule has 0 fully saturated rings. The minimum Gasteiger partial charge on any atom is -0.478 e. The molecule has 18 heavy (non-hydrogen) atoms. The van der Waals surface area contributed by atoms with E-state index in [1.54, 1.807) is 22.3 Å². The highest BCUT2D eigenvalue weighted by Gasteiger charge is 2.05. The van der Waals surface area contributed by atoms with Crippen LogP contribution in [0.5, 0.6) is 0 Å². The van der Waals surface area contributed by atoms with Crippen LogP contribution in [0.1, 0.15) is 21.7 Å². The van der Waals surface area contributed by atoms with E-state index in [4.69, 9.17) is 5.11 Å². The van der Waals surface area contributed by atoms with E-state index in [-0.39, 0.29) is 0 Å². The topological polar surface area (TPSA) is 80.0 Å². The fourth-order valence-electron chi connectivity index (χ4n) is 1.52. The van der Waals surface area contributed by atoms with E-state index in [2.05, 4.69) is 15.6 Å². The molecule has 2 aromatic rings. The van der Waals surface area contributed by atoms with Gasteiger partial charge in [0, 0.05) is 29.5 Å². The number of rotatable bonds is 7. The van der Waals surface area contributed by atoms with Crippen molar-refractivity contribution in [1.29, 1.82) is 0 Å². The third-order valence-electron chi connectivity index (χ3n) is 2.41. The van der Waals surface area contributed by atoms with Crippen molar-refractivity contribution in [2.45, 2.75) is 19.5 Å². The molecule has 0 atom stereocenters. The molecule has 6 nitrogen and oxygen atoms in total. The Morgan fingerprint density at radius 3 is 3.11 bits per heavy atom. The first-order valence-electron chi connectivity index (χ1n) is 5.61. The number of carboxylic acids is 1. The maximum absolute atomic E-state index is 10.7. The Morgan fingerprint density at radius 1 is 1.56 bits per heavy atom. The zero-order valence-corrected chi connectivity index (χ0v) is 10.6. The molecule has 0 aliphatic carbocycles. The van der Waals surface area contributed by atoms with E-state index < -0.39 is 5.97 Å². The molecule has 0 bridgehead atoms. The Hall–Kier alpha value is -1.73. The second kappa shape index (κ2) is 6.27. The van der Waals surface area contributed by atoms with Crippen LogP contribution in [0.2, 0.25) is 0 Å². The van der Waals surface area contributed by atoms with Gasteiger partial charge < -0.3 is 10.4 Å². The monoisotopic (exact) mass is 266 g/mol. The van der Waals surface area contributed by atoms with Gasteiger partial charge >= 0.3 is 5.97 Å². The van der Waals surface area contributed by atoms with E-state index in [0.717, 1.165) is 24.4 Å². The quantitative estimate of drug-likeness (QED) is 0.736. The number of aryl methyl sites for hydroxylation is 1. The average Bonchev–Trinajstić information content (AvgIpc) is 2.98. The van der Waals surface area contributed by atoms with E-state index >= 15 is 0 Å². The Bertz CT molecular complexity index is 495. The highest BCUT2D eigenvalue weighted by Crippen LogP contribution is 2.14. The molecule has 0 amide bonds. The molecule has 2 heterocycles. The standard InChI is InChI=1S/C11H14N4O2S/c16-11(17)9-6-10(18-8-9)7-12-2-1-4-15-5-3-13-14-15/h3,5-6,8,12H,1-2,4,7H2,(H,16,17). The zero-order valence-electron chi connectivity index (χ0n) is 9.74. The molecule has 0 aromatic carbocycles. The summed E-state index contributed by atoms with van der Waals surface area (Å²) in [4.78, 5) is 11.7. The lowest BCUT2D eigenvalue weighted by atomic mass is 10.3. The van der Waals surface area contributed by atoms with Crippen LogP contribution in [0, 0.1) is 0 Å². The van der Waals surface area contributed by atoms with Crippen LogP contribution in [0.25, 0.3) is 0 Å². The molecular formula is C11H14N4O2S. The van der Waals surface area contributed by atoms with Gasteiger partial charge in [0.1, 0.15) is 0 Å². The van der Waals surface area contributed by atoms with Gasteiger partial charge in [0.25, 0.3) is 0 Å². The Kier molecular flexibility index (Phi) is 4.43. The van der Waals surface area contributed by atoms with Gasteiger partial charge in [-0.1, -0.05) is 5.21 Å². The molecule has 0 aliphatic heterocycles. The summed E-state index contributed by atoms with van der Waals surface area (Å²) in [6.45, 7) is 2.40. The summed E-state index contributed by atoms with van der Waals surface area (Å²) in [5.41, 5.74) is 0.361. The maximum atomic E-state index is 10.7. The molecule has 2 N–H and O–H groups in total. The number of aromatic carboxylic acids is 1. The zero-order chi connectivity index (χ0) is 12.8. The molecule has 0 unspecified atom stereocenters. The highest BCUT2D eigenvalue weighted by molar-refractivity contribution is 7.10.